The molecule has 1 aromatic carbocycles. The summed E-state index contributed by atoms with van der Waals surface area (Å²) in [5, 5.41) is 17.8. The van der Waals surface area contributed by atoms with E-state index in [0.717, 1.165) is 0 Å². The summed E-state index contributed by atoms with van der Waals surface area (Å²) in [7, 11) is 0. The molecule has 15 nitrogen and oxygen atoms in total. The number of alkyl halides is 1. The van der Waals surface area contributed by atoms with Gasteiger partial charge >= 0.3 is 5.97 Å². The van der Waals surface area contributed by atoms with Crippen LogP contribution >= 0.6 is 22.6 Å². The second kappa shape index (κ2) is 17.3. The van der Waals surface area contributed by atoms with Crippen LogP contribution in [0, 0.1) is 23.7 Å². The molecule has 2 saturated heterocycles. The van der Waals surface area contributed by atoms with E-state index in [0.29, 0.717) is 24.9 Å². The lowest BCUT2D eigenvalue weighted by molar-refractivity contribution is -0.150. The number of carbonyl (C=O) groups is 7. The molecule has 5 rings (SSSR count). The fraction of sp³-hybridized carbons (Fsp3) is 0.553. The van der Waals surface area contributed by atoms with E-state index in [2.05, 4.69) is 48.5 Å². The Morgan fingerprint density at radius 1 is 0.963 bits per heavy atom. The number of aliphatic carboxylic acids is 1. The highest BCUT2D eigenvalue weighted by Gasteiger charge is 2.66. The average molecular weight is 858 g/mol. The van der Waals surface area contributed by atoms with Gasteiger partial charge in [-0.2, -0.15) is 0 Å². The zero-order chi connectivity index (χ0) is 39.4. The maximum Gasteiger partial charge on any atom is 0.326 e. The molecule has 9 atom stereocenters. The van der Waals surface area contributed by atoms with Crippen LogP contribution in [0.1, 0.15) is 69.9 Å². The zero-order valence-corrected chi connectivity index (χ0v) is 33.1. The summed E-state index contributed by atoms with van der Waals surface area (Å²) >= 11 is 2.33. The van der Waals surface area contributed by atoms with Crippen LogP contribution in [0.5, 0.6) is 0 Å². The van der Waals surface area contributed by atoms with Gasteiger partial charge in [-0.15, -0.1) is 0 Å². The minimum atomic E-state index is -1.36. The number of rotatable bonds is 16. The van der Waals surface area contributed by atoms with Crippen molar-refractivity contribution < 1.29 is 38.7 Å². The Labute approximate surface area is 327 Å². The second-order valence-electron chi connectivity index (χ2n) is 15.0. The van der Waals surface area contributed by atoms with Gasteiger partial charge in [0.05, 0.1) is 6.20 Å². The Balaban J connectivity index is 1.35. The first-order valence-electron chi connectivity index (χ1n) is 18.4. The second-order valence-corrected chi connectivity index (χ2v) is 16.6. The normalized spacial score (nSPS) is 23.8. The van der Waals surface area contributed by atoms with Crippen molar-refractivity contribution in [1.82, 2.24) is 35.7 Å². The molecule has 0 spiro atoms. The summed E-state index contributed by atoms with van der Waals surface area (Å²) in [6, 6.07) is 2.90. The quantitative estimate of drug-likeness (QED) is 0.109. The number of hydrogen-bond acceptors (Lipinski definition) is 9. The Hall–Kier alpha value is -4.48. The summed E-state index contributed by atoms with van der Waals surface area (Å²) in [5.74, 6) is -6.40. The monoisotopic (exact) mass is 857 g/mol. The highest BCUT2D eigenvalue weighted by Crippen LogP contribution is 2.53. The van der Waals surface area contributed by atoms with Crippen LogP contribution in [0.15, 0.2) is 48.9 Å². The molecule has 16 heteroatoms. The molecule has 2 aliphatic heterocycles. The maximum absolute atomic E-state index is 14.5. The number of amides is 5. The van der Waals surface area contributed by atoms with E-state index in [1.165, 1.54) is 28.4 Å². The van der Waals surface area contributed by atoms with E-state index in [1.807, 2.05) is 6.92 Å². The third-order valence-corrected chi connectivity index (χ3v) is 12.1. The number of nitrogens with one attached hydrogen (secondary N) is 3. The SMILES string of the molecule is CCCC(C(=O)C(=O)N[C@@H](Cc1ccccc1)C(=O)O)N1C(=O)[C@@H]2[C@H]3C1C[C@H](I)[C@H]3CN2C(=O)C(NC(=O)[C@H](NC(=O)c1cnccn1)C(C)C)C(C)C. The van der Waals surface area contributed by atoms with Gasteiger partial charge in [-0.25, -0.2) is 9.78 Å². The van der Waals surface area contributed by atoms with E-state index in [9.17, 15) is 38.7 Å². The summed E-state index contributed by atoms with van der Waals surface area (Å²) in [6.07, 6.45) is 5.27. The van der Waals surface area contributed by atoms with Crippen LogP contribution in [0.3, 0.4) is 0 Å². The standard InChI is InChI=1S/C38H48IN7O8/c1-6-10-26(32(47)35(50)42-24(38(53)54)15-21-11-8-7-9-12-21)46-27-16-23(39)22-18-45(31(28(22)27)37(46)52)36(51)30(20(4)5)44-34(49)29(19(2)3)43-33(48)25-17-40-13-14-41-25/h7-9,11-14,17,19-20,22-24,26-31H,6,10,15-16,18H2,1-5H3,(H,42,50)(H,43,48)(H,44,49)(H,53,54)/t22-,23+,24+,26?,27?,28-,29-,30?,31+/m1/s1. The number of likely N-dealkylation sites (tertiary alicyclic amines) is 2. The van der Waals surface area contributed by atoms with Crippen molar-refractivity contribution in [3.8, 4) is 0 Å². The third kappa shape index (κ3) is 8.42. The lowest BCUT2D eigenvalue weighted by Crippen LogP contribution is -2.59. The van der Waals surface area contributed by atoms with Crippen LogP contribution in [-0.4, -0.2) is 113 Å². The molecule has 290 valence electrons. The summed E-state index contributed by atoms with van der Waals surface area (Å²) < 4.78 is 0.0654. The molecular weight excluding hydrogens is 809 g/mol. The van der Waals surface area contributed by atoms with Crippen LogP contribution in [0.4, 0.5) is 0 Å². The van der Waals surface area contributed by atoms with Crippen molar-refractivity contribution in [3.63, 3.8) is 0 Å². The Morgan fingerprint density at radius 3 is 2.24 bits per heavy atom. The molecule has 3 heterocycles. The number of aromatic nitrogens is 2. The molecule has 54 heavy (non-hydrogen) atoms. The largest absolute Gasteiger partial charge is 0.480 e. The summed E-state index contributed by atoms with van der Waals surface area (Å²) in [5.41, 5.74) is 0.706. The number of ketones is 1. The van der Waals surface area contributed by atoms with Crippen LogP contribution in [-0.2, 0) is 35.2 Å². The molecule has 2 aromatic rings. The first kappa shape index (κ1) is 40.7. The van der Waals surface area contributed by atoms with Crippen molar-refractivity contribution >= 4 is 63.9 Å². The smallest absolute Gasteiger partial charge is 0.326 e. The minimum absolute atomic E-state index is 0.0299. The topological polar surface area (TPSA) is 208 Å². The molecular formula is C38H48IN7O8. The molecule has 4 N–H and O–H groups in total. The average Bonchev–Trinajstić information content (AvgIpc) is 3.78. The maximum atomic E-state index is 14.5. The predicted molar refractivity (Wildman–Crippen MR) is 204 cm³/mol. The molecule has 1 aromatic heterocycles. The van der Waals surface area contributed by atoms with E-state index in [4.69, 9.17) is 0 Å². The fourth-order valence-electron chi connectivity index (χ4n) is 8.05. The molecule has 3 aliphatic rings. The predicted octanol–water partition coefficient (Wildman–Crippen LogP) is 1.78. The Bertz CT molecular complexity index is 1750. The Morgan fingerprint density at radius 2 is 1.65 bits per heavy atom. The highest BCUT2D eigenvalue weighted by atomic mass is 127. The number of carboxylic acid groups (broad SMARTS) is 1. The van der Waals surface area contributed by atoms with E-state index in [1.54, 1.807) is 58.0 Å². The van der Waals surface area contributed by atoms with Crippen LogP contribution in [0.2, 0.25) is 0 Å². The summed E-state index contributed by atoms with van der Waals surface area (Å²) in [4.78, 5) is 106. The lowest BCUT2D eigenvalue weighted by Gasteiger charge is -2.33. The van der Waals surface area contributed by atoms with Crippen molar-refractivity contribution in [1.29, 1.82) is 0 Å². The van der Waals surface area contributed by atoms with E-state index in [-0.39, 0.29) is 46.1 Å². The van der Waals surface area contributed by atoms with E-state index < -0.39 is 77.5 Å². The summed E-state index contributed by atoms with van der Waals surface area (Å²) in [6.45, 7) is 9.22. The first-order valence-corrected chi connectivity index (χ1v) is 19.7. The minimum Gasteiger partial charge on any atom is -0.480 e. The van der Waals surface area contributed by atoms with Gasteiger partial charge in [0.25, 0.3) is 11.8 Å². The van der Waals surface area contributed by atoms with Gasteiger partial charge in [0.1, 0.15) is 35.9 Å². The lowest BCUT2D eigenvalue weighted by atomic mass is 9.94. The third-order valence-electron chi connectivity index (χ3n) is 10.7. The van der Waals surface area contributed by atoms with Gasteiger partial charge in [-0.05, 0) is 36.2 Å². The number of nitrogens with zero attached hydrogens (tertiary/aromatic N) is 4. The Kier molecular flexibility index (Phi) is 13.1. The molecule has 0 bridgehead atoms. The molecule has 1 aliphatic carbocycles. The number of Topliss-reactive ketones (excluding diaryl/α,β-unsaturated/α-hetero) is 1. The number of halogens is 1. The van der Waals surface area contributed by atoms with Gasteiger partial charge in [-0.3, -0.25) is 33.8 Å². The van der Waals surface area contributed by atoms with Crippen molar-refractivity contribution in [2.24, 2.45) is 23.7 Å². The number of hydrogen-bond donors (Lipinski definition) is 4. The molecule has 3 fully saturated rings. The van der Waals surface area contributed by atoms with Crippen LogP contribution in [0.25, 0.3) is 0 Å². The van der Waals surface area contributed by atoms with Gasteiger partial charge in [0.2, 0.25) is 23.5 Å². The number of carboxylic acids is 1. The molecule has 3 unspecified atom stereocenters. The number of benzene rings is 1. The molecule has 5 amide bonds. The first-order chi connectivity index (χ1) is 25.7. The van der Waals surface area contributed by atoms with Crippen LogP contribution < -0.4 is 16.0 Å². The zero-order valence-electron chi connectivity index (χ0n) is 31.0. The van der Waals surface area contributed by atoms with Crippen molar-refractivity contribution in [2.45, 2.75) is 100 Å². The van der Waals surface area contributed by atoms with Gasteiger partial charge in [0, 0.05) is 41.2 Å². The van der Waals surface area contributed by atoms with Gasteiger partial charge in [0.15, 0.2) is 0 Å². The van der Waals surface area contributed by atoms with Gasteiger partial charge in [-0.1, -0.05) is 94.0 Å². The van der Waals surface area contributed by atoms with Gasteiger partial charge < -0.3 is 30.9 Å². The van der Waals surface area contributed by atoms with Crippen molar-refractivity contribution in [3.05, 3.63) is 60.2 Å². The molecule has 1 saturated carbocycles. The highest BCUT2D eigenvalue weighted by molar-refractivity contribution is 14.1. The molecule has 0 radical (unpaired) electrons. The van der Waals surface area contributed by atoms with E-state index >= 15 is 0 Å². The number of carbonyl (C=O) groups excluding carboxylic acids is 6. The fourth-order valence-corrected chi connectivity index (χ4v) is 9.27. The van der Waals surface area contributed by atoms with Crippen molar-refractivity contribution in [2.75, 3.05) is 6.54 Å².